The molecule has 0 radical (unpaired) electrons. The van der Waals surface area contributed by atoms with E-state index in [9.17, 15) is 4.79 Å². The highest BCUT2D eigenvalue weighted by Gasteiger charge is 1.96. The number of carboxylic acids is 1. The summed E-state index contributed by atoms with van der Waals surface area (Å²) in [6.07, 6.45) is 11.5. The Bertz CT molecular complexity index is 193. The number of aliphatic hydroxyl groups is 2. The molecule has 0 aliphatic rings. The summed E-state index contributed by atoms with van der Waals surface area (Å²) in [5, 5.41) is 24.6. The Morgan fingerprint density at radius 1 is 0.810 bits per heavy atom. The molecule has 0 aromatic rings. The zero-order valence-corrected chi connectivity index (χ0v) is 13.6. The lowest BCUT2D eigenvalue weighted by atomic mass is 10.1. The smallest absolute Gasteiger partial charge is 0.303 e. The molecule has 0 spiro atoms. The van der Waals surface area contributed by atoms with E-state index in [1.807, 2.05) is 0 Å². The number of carboxylic acid groups (broad SMARTS) is 1. The van der Waals surface area contributed by atoms with Gasteiger partial charge >= 0.3 is 5.97 Å². The average molecular weight is 306 g/mol. The van der Waals surface area contributed by atoms with Gasteiger partial charge in [0, 0.05) is 6.42 Å². The molecule has 0 aromatic heterocycles. The van der Waals surface area contributed by atoms with Crippen LogP contribution in [0.25, 0.3) is 0 Å². The van der Waals surface area contributed by atoms with Crippen LogP contribution in [0, 0.1) is 0 Å². The number of hydrogen-bond acceptors (Lipinski definition) is 4. The highest BCUT2D eigenvalue weighted by Crippen LogP contribution is 2.10. The molecule has 0 saturated carbocycles. The van der Waals surface area contributed by atoms with Crippen molar-refractivity contribution in [3.05, 3.63) is 0 Å². The van der Waals surface area contributed by atoms with Gasteiger partial charge in [-0.2, -0.15) is 0 Å². The van der Waals surface area contributed by atoms with Gasteiger partial charge in [0.05, 0.1) is 26.4 Å². The quantitative estimate of drug-likeness (QED) is 0.429. The molecule has 0 fully saturated rings. The minimum absolute atomic E-state index is 0.0278. The second-order valence-corrected chi connectivity index (χ2v) is 5.03. The molecule has 128 valence electrons. The van der Waals surface area contributed by atoms with E-state index in [0.717, 1.165) is 12.8 Å². The zero-order chi connectivity index (χ0) is 16.2. The normalized spacial score (nSPS) is 10.0. The summed E-state index contributed by atoms with van der Waals surface area (Å²) in [4.78, 5) is 10.2. The average Bonchev–Trinajstić information content (AvgIpc) is 2.46. The second-order valence-electron chi connectivity index (χ2n) is 5.03. The minimum Gasteiger partial charge on any atom is -0.481 e. The van der Waals surface area contributed by atoms with E-state index >= 15 is 0 Å². The minimum atomic E-state index is -0.659. The molecular weight excluding hydrogens is 272 g/mol. The van der Waals surface area contributed by atoms with Crippen LogP contribution in [0.1, 0.15) is 71.1 Å². The highest BCUT2D eigenvalue weighted by atomic mass is 16.5. The van der Waals surface area contributed by atoms with Gasteiger partial charge in [-0.15, -0.1) is 0 Å². The molecule has 0 bridgehead atoms. The number of ether oxygens (including phenoxy) is 1. The third-order valence-electron chi connectivity index (χ3n) is 2.97. The summed E-state index contributed by atoms with van der Waals surface area (Å²) < 4.78 is 4.63. The van der Waals surface area contributed by atoms with E-state index in [-0.39, 0.29) is 13.2 Å². The van der Waals surface area contributed by atoms with E-state index in [1.165, 1.54) is 44.9 Å². The first kappa shape index (κ1) is 22.6. The molecule has 0 amide bonds. The third-order valence-corrected chi connectivity index (χ3v) is 2.97. The molecule has 0 rings (SSSR count). The predicted octanol–water partition coefficient (Wildman–Crippen LogP) is 2.98. The number of aliphatic carboxylic acids is 1. The second kappa shape index (κ2) is 21.6. The van der Waals surface area contributed by atoms with Gasteiger partial charge in [-0.3, -0.25) is 4.79 Å². The van der Waals surface area contributed by atoms with Crippen LogP contribution in [0.15, 0.2) is 0 Å². The molecule has 3 N–H and O–H groups in total. The molecule has 21 heavy (non-hydrogen) atoms. The van der Waals surface area contributed by atoms with Crippen LogP contribution in [-0.2, 0) is 9.53 Å². The summed E-state index contributed by atoms with van der Waals surface area (Å²) in [5.74, 6) is -0.659. The summed E-state index contributed by atoms with van der Waals surface area (Å²) in [7, 11) is 0. The first-order chi connectivity index (χ1) is 10.2. The highest BCUT2D eigenvalue weighted by molar-refractivity contribution is 5.66. The Hall–Kier alpha value is -0.650. The van der Waals surface area contributed by atoms with Crippen molar-refractivity contribution in [1.82, 2.24) is 0 Å². The lowest BCUT2D eigenvalue weighted by molar-refractivity contribution is -0.137. The van der Waals surface area contributed by atoms with Gasteiger partial charge in [-0.25, -0.2) is 0 Å². The Balaban J connectivity index is 0. The van der Waals surface area contributed by atoms with Gasteiger partial charge in [-0.05, 0) is 6.42 Å². The van der Waals surface area contributed by atoms with Crippen LogP contribution in [0.3, 0.4) is 0 Å². The van der Waals surface area contributed by atoms with Crippen molar-refractivity contribution in [1.29, 1.82) is 0 Å². The molecular formula is C16H34O5. The van der Waals surface area contributed by atoms with Crippen molar-refractivity contribution >= 4 is 5.97 Å². The fourth-order valence-electron chi connectivity index (χ4n) is 1.82. The van der Waals surface area contributed by atoms with E-state index in [2.05, 4.69) is 11.7 Å². The Morgan fingerprint density at radius 2 is 1.24 bits per heavy atom. The first-order valence-corrected chi connectivity index (χ1v) is 8.20. The van der Waals surface area contributed by atoms with E-state index in [1.54, 1.807) is 0 Å². The van der Waals surface area contributed by atoms with Crippen LogP contribution in [-0.4, -0.2) is 47.7 Å². The lowest BCUT2D eigenvalue weighted by Crippen LogP contribution is -2.03. The van der Waals surface area contributed by atoms with E-state index in [0.29, 0.717) is 19.6 Å². The van der Waals surface area contributed by atoms with Crippen molar-refractivity contribution in [3.63, 3.8) is 0 Å². The number of hydrogen-bond donors (Lipinski definition) is 3. The van der Waals surface area contributed by atoms with Gasteiger partial charge in [0.1, 0.15) is 0 Å². The Kier molecular flexibility index (Phi) is 23.3. The van der Waals surface area contributed by atoms with E-state index in [4.69, 9.17) is 15.3 Å². The van der Waals surface area contributed by atoms with Crippen LogP contribution in [0.2, 0.25) is 0 Å². The Morgan fingerprint density at radius 3 is 1.62 bits per heavy atom. The molecule has 0 saturated heterocycles. The van der Waals surface area contributed by atoms with Crippen molar-refractivity contribution < 1.29 is 24.9 Å². The predicted molar refractivity (Wildman–Crippen MR) is 84.5 cm³/mol. The molecule has 0 heterocycles. The first-order valence-electron chi connectivity index (χ1n) is 8.20. The van der Waals surface area contributed by atoms with Gasteiger partial charge in [0.2, 0.25) is 0 Å². The number of carbonyl (C=O) groups is 1. The molecule has 0 atom stereocenters. The molecule has 0 aromatic carbocycles. The summed E-state index contributed by atoms with van der Waals surface area (Å²) >= 11 is 0. The van der Waals surface area contributed by atoms with Crippen LogP contribution >= 0.6 is 0 Å². The molecule has 5 heteroatoms. The van der Waals surface area contributed by atoms with Crippen molar-refractivity contribution in [2.45, 2.75) is 71.1 Å². The van der Waals surface area contributed by atoms with Crippen LogP contribution in [0.4, 0.5) is 0 Å². The monoisotopic (exact) mass is 306 g/mol. The molecule has 0 aliphatic heterocycles. The fraction of sp³-hybridized carbons (Fsp3) is 0.938. The lowest BCUT2D eigenvalue weighted by Gasteiger charge is -2.00. The van der Waals surface area contributed by atoms with E-state index < -0.39 is 5.97 Å². The number of aliphatic hydroxyl groups excluding tert-OH is 2. The maximum Gasteiger partial charge on any atom is 0.303 e. The van der Waals surface area contributed by atoms with Crippen LogP contribution < -0.4 is 0 Å². The van der Waals surface area contributed by atoms with Crippen molar-refractivity contribution in [3.8, 4) is 0 Å². The maximum atomic E-state index is 10.2. The van der Waals surface area contributed by atoms with Gasteiger partial charge in [-0.1, -0.05) is 58.3 Å². The largest absolute Gasteiger partial charge is 0.481 e. The molecule has 0 aliphatic carbocycles. The standard InChI is InChI=1S/C12H24O2.C4H10O3/c1-2-3-4-5-6-7-8-9-10-11-12(13)14;5-1-3-7-4-2-6/h2-11H2,1H3,(H,13,14);5-6H,1-4H2. The molecule has 0 unspecified atom stereocenters. The number of unbranched alkanes of at least 4 members (excludes halogenated alkanes) is 8. The SMILES string of the molecule is CCCCCCCCCCCC(=O)O.OCCOCCO. The summed E-state index contributed by atoms with van der Waals surface area (Å²) in [5.41, 5.74) is 0. The Labute approximate surface area is 129 Å². The maximum absolute atomic E-state index is 10.2. The topological polar surface area (TPSA) is 87.0 Å². The fourth-order valence-corrected chi connectivity index (χ4v) is 1.82. The van der Waals surface area contributed by atoms with Gasteiger partial charge < -0.3 is 20.1 Å². The van der Waals surface area contributed by atoms with Crippen molar-refractivity contribution in [2.24, 2.45) is 0 Å². The molecule has 5 nitrogen and oxygen atoms in total. The number of rotatable bonds is 14. The third kappa shape index (κ3) is 28.3. The van der Waals surface area contributed by atoms with Gasteiger partial charge in [0.25, 0.3) is 0 Å². The summed E-state index contributed by atoms with van der Waals surface area (Å²) in [6, 6.07) is 0. The van der Waals surface area contributed by atoms with Crippen LogP contribution in [0.5, 0.6) is 0 Å². The zero-order valence-electron chi connectivity index (χ0n) is 13.6. The summed E-state index contributed by atoms with van der Waals surface area (Å²) in [6.45, 7) is 2.92. The van der Waals surface area contributed by atoms with Crippen molar-refractivity contribution in [2.75, 3.05) is 26.4 Å². The van der Waals surface area contributed by atoms with Gasteiger partial charge in [0.15, 0.2) is 0 Å².